The Balaban J connectivity index is 1.96. The summed E-state index contributed by atoms with van der Waals surface area (Å²) in [7, 11) is 0. The first-order chi connectivity index (χ1) is 7.38. The average molecular weight is 207 g/mol. The maximum Gasteiger partial charge on any atom is 0.126 e. The fraction of sp³-hybridized carbons (Fsp3) is 0.545. The lowest BCUT2D eigenvalue weighted by molar-refractivity contribution is 0.0904. The fourth-order valence-corrected chi connectivity index (χ4v) is 1.73. The SMILES string of the molecule is NCc1ccnc(NC2CCOCC2)c1. The molecule has 0 atom stereocenters. The lowest BCUT2D eigenvalue weighted by Gasteiger charge is -2.23. The van der Waals surface area contributed by atoms with E-state index in [1.165, 1.54) is 0 Å². The van der Waals surface area contributed by atoms with Crippen LogP contribution in [0.5, 0.6) is 0 Å². The predicted octanol–water partition coefficient (Wildman–Crippen LogP) is 1.13. The van der Waals surface area contributed by atoms with Crippen molar-refractivity contribution in [2.24, 2.45) is 5.73 Å². The van der Waals surface area contributed by atoms with E-state index >= 15 is 0 Å². The van der Waals surface area contributed by atoms with Gasteiger partial charge in [-0.25, -0.2) is 4.98 Å². The third-order valence-corrected chi connectivity index (χ3v) is 2.63. The first-order valence-electron chi connectivity index (χ1n) is 5.38. The highest BCUT2D eigenvalue weighted by Gasteiger charge is 2.13. The Morgan fingerprint density at radius 1 is 1.47 bits per heavy atom. The summed E-state index contributed by atoms with van der Waals surface area (Å²) in [6, 6.07) is 4.43. The van der Waals surface area contributed by atoms with Gasteiger partial charge in [-0.2, -0.15) is 0 Å². The van der Waals surface area contributed by atoms with Crippen molar-refractivity contribution in [3.05, 3.63) is 23.9 Å². The summed E-state index contributed by atoms with van der Waals surface area (Å²) < 4.78 is 5.30. The molecule has 0 saturated carbocycles. The molecular weight excluding hydrogens is 190 g/mol. The number of hydrogen-bond acceptors (Lipinski definition) is 4. The zero-order valence-electron chi connectivity index (χ0n) is 8.78. The fourth-order valence-electron chi connectivity index (χ4n) is 1.73. The van der Waals surface area contributed by atoms with Crippen LogP contribution in [0.1, 0.15) is 18.4 Å². The molecular formula is C11H17N3O. The molecule has 4 nitrogen and oxygen atoms in total. The van der Waals surface area contributed by atoms with Gasteiger partial charge in [-0.3, -0.25) is 0 Å². The van der Waals surface area contributed by atoms with Gasteiger partial charge in [0.25, 0.3) is 0 Å². The van der Waals surface area contributed by atoms with Crippen LogP contribution in [-0.2, 0) is 11.3 Å². The zero-order valence-corrected chi connectivity index (χ0v) is 8.78. The molecule has 0 spiro atoms. The molecule has 0 aliphatic carbocycles. The molecule has 0 aromatic carbocycles. The first kappa shape index (κ1) is 10.4. The summed E-state index contributed by atoms with van der Waals surface area (Å²) in [4.78, 5) is 4.27. The molecule has 2 heterocycles. The summed E-state index contributed by atoms with van der Waals surface area (Å²) >= 11 is 0. The van der Waals surface area contributed by atoms with Gasteiger partial charge in [-0.05, 0) is 30.5 Å². The van der Waals surface area contributed by atoms with Crippen LogP contribution in [0.2, 0.25) is 0 Å². The van der Waals surface area contributed by atoms with Crippen molar-refractivity contribution < 1.29 is 4.74 Å². The van der Waals surface area contributed by atoms with Gasteiger partial charge in [0, 0.05) is 32.0 Å². The molecule has 1 aromatic heterocycles. The highest BCUT2D eigenvalue weighted by Crippen LogP contribution is 2.13. The quantitative estimate of drug-likeness (QED) is 0.780. The van der Waals surface area contributed by atoms with E-state index in [4.69, 9.17) is 10.5 Å². The molecule has 0 bridgehead atoms. The van der Waals surface area contributed by atoms with E-state index < -0.39 is 0 Å². The lowest BCUT2D eigenvalue weighted by Crippen LogP contribution is -2.28. The number of pyridine rings is 1. The highest BCUT2D eigenvalue weighted by atomic mass is 16.5. The number of nitrogens with one attached hydrogen (secondary N) is 1. The van der Waals surface area contributed by atoms with Gasteiger partial charge in [-0.1, -0.05) is 0 Å². The molecule has 3 N–H and O–H groups in total. The second-order valence-electron chi connectivity index (χ2n) is 3.78. The van der Waals surface area contributed by atoms with E-state index in [0.717, 1.165) is 37.4 Å². The van der Waals surface area contributed by atoms with Crippen LogP contribution in [0.4, 0.5) is 5.82 Å². The summed E-state index contributed by atoms with van der Waals surface area (Å²) in [5, 5.41) is 3.41. The smallest absolute Gasteiger partial charge is 0.126 e. The minimum atomic E-state index is 0.485. The van der Waals surface area contributed by atoms with Gasteiger partial charge in [0.1, 0.15) is 5.82 Å². The first-order valence-corrected chi connectivity index (χ1v) is 5.38. The van der Waals surface area contributed by atoms with Crippen LogP contribution < -0.4 is 11.1 Å². The van der Waals surface area contributed by atoms with Gasteiger partial charge in [0.2, 0.25) is 0 Å². The van der Waals surface area contributed by atoms with Crippen LogP contribution in [0.15, 0.2) is 18.3 Å². The van der Waals surface area contributed by atoms with Gasteiger partial charge >= 0.3 is 0 Å². The maximum absolute atomic E-state index is 5.58. The Hall–Kier alpha value is -1.13. The van der Waals surface area contributed by atoms with Crippen molar-refractivity contribution >= 4 is 5.82 Å². The van der Waals surface area contributed by atoms with Crippen molar-refractivity contribution in [2.45, 2.75) is 25.4 Å². The molecule has 82 valence electrons. The Morgan fingerprint density at radius 2 is 2.27 bits per heavy atom. The van der Waals surface area contributed by atoms with E-state index in [0.29, 0.717) is 12.6 Å². The molecule has 1 aliphatic rings. The van der Waals surface area contributed by atoms with Gasteiger partial charge < -0.3 is 15.8 Å². The van der Waals surface area contributed by atoms with E-state index in [1.807, 2.05) is 12.1 Å². The molecule has 1 aromatic rings. The second-order valence-corrected chi connectivity index (χ2v) is 3.78. The number of ether oxygens (including phenoxy) is 1. The molecule has 4 heteroatoms. The minimum absolute atomic E-state index is 0.485. The predicted molar refractivity (Wildman–Crippen MR) is 59.6 cm³/mol. The molecule has 2 rings (SSSR count). The topological polar surface area (TPSA) is 60.2 Å². The molecule has 1 saturated heterocycles. The summed E-state index contributed by atoms with van der Waals surface area (Å²) in [6.07, 6.45) is 3.90. The lowest BCUT2D eigenvalue weighted by atomic mass is 10.1. The Kier molecular flexibility index (Phi) is 3.53. The Bertz CT molecular complexity index is 310. The third-order valence-electron chi connectivity index (χ3n) is 2.63. The monoisotopic (exact) mass is 207 g/mol. The van der Waals surface area contributed by atoms with Gasteiger partial charge in [0.15, 0.2) is 0 Å². The van der Waals surface area contributed by atoms with Gasteiger partial charge in [-0.15, -0.1) is 0 Å². The highest BCUT2D eigenvalue weighted by molar-refractivity contribution is 5.38. The zero-order chi connectivity index (χ0) is 10.5. The molecule has 1 fully saturated rings. The van der Waals surface area contributed by atoms with Crippen LogP contribution in [0, 0.1) is 0 Å². The van der Waals surface area contributed by atoms with Crippen molar-refractivity contribution in [1.29, 1.82) is 0 Å². The third kappa shape index (κ3) is 2.91. The molecule has 0 radical (unpaired) electrons. The summed E-state index contributed by atoms with van der Waals surface area (Å²) in [6.45, 7) is 2.24. The average Bonchev–Trinajstić information content (AvgIpc) is 2.31. The van der Waals surface area contributed by atoms with E-state index in [2.05, 4.69) is 10.3 Å². The van der Waals surface area contributed by atoms with Crippen LogP contribution in [-0.4, -0.2) is 24.2 Å². The molecule has 1 aliphatic heterocycles. The Labute approximate surface area is 89.8 Å². The number of hydrogen-bond donors (Lipinski definition) is 2. The van der Waals surface area contributed by atoms with Crippen molar-refractivity contribution in [2.75, 3.05) is 18.5 Å². The maximum atomic E-state index is 5.58. The van der Waals surface area contributed by atoms with Crippen molar-refractivity contribution in [1.82, 2.24) is 4.98 Å². The van der Waals surface area contributed by atoms with E-state index in [-0.39, 0.29) is 0 Å². The summed E-state index contributed by atoms with van der Waals surface area (Å²) in [5.41, 5.74) is 6.69. The van der Waals surface area contributed by atoms with Crippen LogP contribution in [0.3, 0.4) is 0 Å². The molecule has 15 heavy (non-hydrogen) atoms. The van der Waals surface area contributed by atoms with Crippen LogP contribution >= 0.6 is 0 Å². The standard InChI is InChI=1S/C11H17N3O/c12-8-9-1-4-13-11(7-9)14-10-2-5-15-6-3-10/h1,4,7,10H,2-3,5-6,8,12H2,(H,13,14). The largest absolute Gasteiger partial charge is 0.381 e. The second kappa shape index (κ2) is 5.09. The normalized spacial score (nSPS) is 17.7. The number of rotatable bonds is 3. The van der Waals surface area contributed by atoms with Gasteiger partial charge in [0.05, 0.1) is 0 Å². The van der Waals surface area contributed by atoms with Crippen LogP contribution in [0.25, 0.3) is 0 Å². The molecule has 0 unspecified atom stereocenters. The van der Waals surface area contributed by atoms with Crippen molar-refractivity contribution in [3.8, 4) is 0 Å². The number of anilines is 1. The number of nitrogens with zero attached hydrogens (tertiary/aromatic N) is 1. The number of aromatic nitrogens is 1. The van der Waals surface area contributed by atoms with E-state index in [9.17, 15) is 0 Å². The molecule has 0 amide bonds. The van der Waals surface area contributed by atoms with Crippen molar-refractivity contribution in [3.63, 3.8) is 0 Å². The Morgan fingerprint density at radius 3 is 3.00 bits per heavy atom. The minimum Gasteiger partial charge on any atom is -0.381 e. The van der Waals surface area contributed by atoms with E-state index in [1.54, 1.807) is 6.20 Å². The number of nitrogens with two attached hydrogens (primary N) is 1. The summed E-state index contributed by atoms with van der Waals surface area (Å²) in [5.74, 6) is 0.921.